The first-order valence-corrected chi connectivity index (χ1v) is 38.4. The van der Waals surface area contributed by atoms with E-state index in [-0.39, 0.29) is 71.0 Å². The molecular formula is C84H99BBrN3O17. The van der Waals surface area contributed by atoms with Gasteiger partial charge in [0.2, 0.25) is 0 Å². The van der Waals surface area contributed by atoms with Crippen LogP contribution in [0.15, 0.2) is 132 Å². The first-order valence-electron chi connectivity index (χ1n) is 37.6. The topological polar surface area (TPSA) is 247 Å². The van der Waals surface area contributed by atoms with Gasteiger partial charge in [-0.2, -0.15) is 0 Å². The number of rotatable bonds is 15. The summed E-state index contributed by atoms with van der Waals surface area (Å²) >= 11 is 3.17. The van der Waals surface area contributed by atoms with E-state index in [2.05, 4.69) is 116 Å². The van der Waals surface area contributed by atoms with Gasteiger partial charge in [0.15, 0.2) is 0 Å². The number of hydrogen-bond donors (Lipinski definition) is 3. The Balaban J connectivity index is 0.000000130. The SMILES string of the molecule is CC1(C)OB(c2ccc(C3CC34CCN(C(=O)[C@H]3CCCO3)CC4)cc2)OC1(C)C.COc1ccc(-c2ccc([C@@H]3CC34CCN(C(=O)[C@H]3CCCO3)CC4)cc2)cc1C(=O)O.COc1ccc(-c2ccc([C@H]3CC34CCN(C(=O)[C@H]3CCCO3)CC4)cc2)cc1C(=O)O.COc1ccc(Br)cc1C(=O)O. The van der Waals surface area contributed by atoms with E-state index in [1.54, 1.807) is 36.4 Å². The fourth-order valence-corrected chi connectivity index (χ4v) is 17.6. The van der Waals surface area contributed by atoms with E-state index in [1.807, 2.05) is 26.8 Å². The largest absolute Gasteiger partial charge is 0.496 e. The summed E-state index contributed by atoms with van der Waals surface area (Å²) in [6.45, 7) is 15.6. The molecule has 0 bridgehead atoms. The molecule has 562 valence electrons. The summed E-state index contributed by atoms with van der Waals surface area (Å²) in [4.78, 5) is 77.6. The number of benzene rings is 6. The van der Waals surface area contributed by atoms with Gasteiger partial charge in [-0.3, -0.25) is 14.4 Å². The molecule has 22 heteroatoms. The van der Waals surface area contributed by atoms with E-state index in [9.17, 15) is 39.0 Å². The highest BCUT2D eigenvalue weighted by Gasteiger charge is 2.59. The minimum Gasteiger partial charge on any atom is -0.496 e. The summed E-state index contributed by atoms with van der Waals surface area (Å²) in [6.07, 6.45) is 15.0. The standard InChI is InChI=1S/2C26H29NO5.C24H34BNO4.C8H7BrO3/c2*1-31-22-9-8-19(15-20(22)25(29)30)17-4-6-18(7-5-17)21-16-26(21)10-12-27(13-11-26)24(28)23-3-2-14-32-23;1-22(2)23(3,4)30-25(29-22)18-9-7-17(8-10-18)19-16-24(19)11-13-26(14-12-24)21(27)20-6-5-15-28-20;1-12-7-3-2-5(9)4-6(7)8(10)11/h2*4-9,15,21,23H,2-3,10-14,16H2,1H3,(H,29,30);7-10,19-20H,5-6,11-16H2,1-4H3;2-4H,1H3,(H,10,11)/t21-,23+;21-,23-;19?,20-;/m011./s1. The van der Waals surface area contributed by atoms with Crippen LogP contribution in [0.4, 0.5) is 0 Å². The lowest BCUT2D eigenvalue weighted by Crippen LogP contribution is -2.44. The van der Waals surface area contributed by atoms with Gasteiger partial charge < -0.3 is 67.7 Å². The maximum atomic E-state index is 12.6. The van der Waals surface area contributed by atoms with Gasteiger partial charge in [-0.15, -0.1) is 0 Å². The molecule has 106 heavy (non-hydrogen) atoms. The second-order valence-corrected chi connectivity index (χ2v) is 32.3. The first-order chi connectivity index (χ1) is 50.9. The molecule has 6 atom stereocenters. The van der Waals surface area contributed by atoms with Gasteiger partial charge in [0.05, 0.1) is 32.5 Å². The van der Waals surface area contributed by atoms with Crippen LogP contribution in [-0.2, 0) is 37.9 Å². The number of amides is 3. The van der Waals surface area contributed by atoms with E-state index in [0.717, 1.165) is 155 Å². The van der Waals surface area contributed by atoms with Crippen LogP contribution >= 0.6 is 15.9 Å². The monoisotopic (exact) mass is 1510 g/mol. The molecule has 3 amide bonds. The predicted octanol–water partition coefficient (Wildman–Crippen LogP) is 14.1. The molecule has 0 radical (unpaired) electrons. The quantitative estimate of drug-likeness (QED) is 0.0809. The van der Waals surface area contributed by atoms with Crippen LogP contribution in [0, 0.1) is 16.2 Å². The van der Waals surface area contributed by atoms with E-state index < -0.39 is 17.9 Å². The Labute approximate surface area is 629 Å². The molecule has 7 heterocycles. The number of nitrogens with zero attached hydrogens (tertiary/aromatic N) is 3. The zero-order chi connectivity index (χ0) is 74.9. The smallest absolute Gasteiger partial charge is 0.494 e. The molecule has 3 spiro atoms. The minimum absolute atomic E-state index is 0.159. The third-order valence-electron chi connectivity index (χ3n) is 24.8. The zero-order valence-corrected chi connectivity index (χ0v) is 63.5. The van der Waals surface area contributed by atoms with Gasteiger partial charge in [-0.1, -0.05) is 101 Å². The van der Waals surface area contributed by atoms with Crippen LogP contribution in [0.25, 0.3) is 22.3 Å². The Morgan fingerprint density at radius 2 is 0.708 bits per heavy atom. The van der Waals surface area contributed by atoms with Crippen molar-refractivity contribution in [1.29, 1.82) is 0 Å². The van der Waals surface area contributed by atoms with Gasteiger partial charge in [0.25, 0.3) is 17.7 Å². The van der Waals surface area contributed by atoms with E-state index in [0.29, 0.717) is 64.5 Å². The number of methoxy groups -OCH3 is 3. The summed E-state index contributed by atoms with van der Waals surface area (Å²) in [5.74, 6) is 0.385. The van der Waals surface area contributed by atoms with Crippen LogP contribution in [-0.4, -0.2) is 183 Å². The molecule has 20 nitrogen and oxygen atoms in total. The molecule has 3 N–H and O–H groups in total. The third-order valence-corrected chi connectivity index (χ3v) is 25.3. The Morgan fingerprint density at radius 1 is 0.415 bits per heavy atom. The molecule has 10 aliphatic rings. The lowest BCUT2D eigenvalue weighted by Gasteiger charge is -2.34. The number of hydrogen-bond acceptors (Lipinski definition) is 14. The Kier molecular flexibility index (Phi) is 22.7. The Morgan fingerprint density at radius 3 is 1.00 bits per heavy atom. The van der Waals surface area contributed by atoms with Crippen molar-refractivity contribution in [2.75, 3.05) is 80.4 Å². The van der Waals surface area contributed by atoms with E-state index in [4.69, 9.17) is 42.8 Å². The zero-order valence-electron chi connectivity index (χ0n) is 61.9. The fourth-order valence-electron chi connectivity index (χ4n) is 17.2. The van der Waals surface area contributed by atoms with Gasteiger partial charge in [0.1, 0.15) is 52.3 Å². The fraction of sp³-hybridized carbons (Fsp3) is 0.500. The highest BCUT2D eigenvalue weighted by atomic mass is 79.9. The Bertz CT molecular complexity index is 4000. The Hall–Kier alpha value is -8.12. The predicted molar refractivity (Wildman–Crippen MR) is 404 cm³/mol. The molecule has 7 saturated heterocycles. The molecule has 10 fully saturated rings. The lowest BCUT2D eigenvalue weighted by molar-refractivity contribution is -0.143. The third kappa shape index (κ3) is 16.3. The molecule has 6 aromatic rings. The molecule has 6 aromatic carbocycles. The van der Waals surface area contributed by atoms with Gasteiger partial charge in [0, 0.05) is 63.6 Å². The van der Waals surface area contributed by atoms with Crippen molar-refractivity contribution in [3.63, 3.8) is 0 Å². The van der Waals surface area contributed by atoms with Crippen molar-refractivity contribution in [3.05, 3.63) is 165 Å². The summed E-state index contributed by atoms with van der Waals surface area (Å²) in [5.41, 5.74) is 9.77. The average molecular weight is 1510 g/mol. The molecular weight excluding hydrogens is 1410 g/mol. The summed E-state index contributed by atoms with van der Waals surface area (Å²) < 4.78 is 45.0. The summed E-state index contributed by atoms with van der Waals surface area (Å²) in [6, 6.07) is 41.2. The summed E-state index contributed by atoms with van der Waals surface area (Å²) in [5, 5.41) is 27.6. The second kappa shape index (κ2) is 31.6. The maximum absolute atomic E-state index is 12.6. The van der Waals surface area contributed by atoms with Crippen LogP contribution < -0.4 is 19.7 Å². The van der Waals surface area contributed by atoms with E-state index >= 15 is 0 Å². The second-order valence-electron chi connectivity index (χ2n) is 31.4. The van der Waals surface area contributed by atoms with Crippen LogP contribution in [0.3, 0.4) is 0 Å². The van der Waals surface area contributed by atoms with Crippen molar-refractivity contribution in [2.24, 2.45) is 16.2 Å². The van der Waals surface area contributed by atoms with E-state index in [1.165, 1.54) is 63.3 Å². The van der Waals surface area contributed by atoms with Gasteiger partial charge in [-0.25, -0.2) is 14.4 Å². The number of carboxylic acids is 3. The molecule has 16 rings (SSSR count). The van der Waals surface area contributed by atoms with Crippen LogP contribution in [0.5, 0.6) is 17.2 Å². The van der Waals surface area contributed by atoms with Crippen molar-refractivity contribution >= 4 is 64.1 Å². The number of carbonyl (C=O) groups is 6. The number of ether oxygens (including phenoxy) is 6. The number of carboxylic acid groups (broad SMARTS) is 3. The average Bonchev–Trinajstić information content (AvgIpc) is 1.59. The number of likely N-dealkylation sites (tertiary alicyclic amines) is 3. The van der Waals surface area contributed by atoms with Gasteiger partial charge in [-0.05, 0) is 245 Å². The number of halogens is 1. The molecule has 1 unspecified atom stereocenters. The van der Waals surface area contributed by atoms with Crippen molar-refractivity contribution in [1.82, 2.24) is 14.7 Å². The van der Waals surface area contributed by atoms with Crippen molar-refractivity contribution in [3.8, 4) is 39.5 Å². The highest BCUT2D eigenvalue weighted by molar-refractivity contribution is 9.10. The number of aromatic carboxylic acids is 3. The molecule has 0 aromatic heterocycles. The molecule has 7 aliphatic heterocycles. The minimum atomic E-state index is -0.996. The van der Waals surface area contributed by atoms with Crippen LogP contribution in [0.1, 0.15) is 190 Å². The maximum Gasteiger partial charge on any atom is 0.494 e. The van der Waals surface area contributed by atoms with Crippen molar-refractivity contribution in [2.45, 2.75) is 171 Å². The normalized spacial score (nSPS) is 24.3. The molecule has 3 aliphatic carbocycles. The van der Waals surface area contributed by atoms with Gasteiger partial charge >= 0.3 is 25.0 Å². The molecule has 3 saturated carbocycles. The van der Waals surface area contributed by atoms with Crippen molar-refractivity contribution < 1.29 is 81.8 Å². The number of piperidine rings is 3. The first kappa shape index (κ1) is 76.1. The number of carbonyl (C=O) groups excluding carboxylic acids is 3. The lowest BCUT2D eigenvalue weighted by atomic mass is 9.78. The van der Waals surface area contributed by atoms with Crippen LogP contribution in [0.2, 0.25) is 0 Å². The summed E-state index contributed by atoms with van der Waals surface area (Å²) in [7, 11) is 4.09. The highest BCUT2D eigenvalue weighted by Crippen LogP contribution is 2.67.